The Hall–Kier alpha value is -3.24. The second-order valence-electron chi connectivity index (χ2n) is 8.82. The summed E-state index contributed by atoms with van der Waals surface area (Å²) in [5.41, 5.74) is 1.61. The third kappa shape index (κ3) is 3.55. The zero-order chi connectivity index (χ0) is 22.0. The molecule has 3 aromatic carbocycles. The molecule has 0 spiro atoms. The van der Waals surface area contributed by atoms with Gasteiger partial charge in [0.2, 0.25) is 0 Å². The van der Waals surface area contributed by atoms with E-state index in [0.29, 0.717) is 23.4 Å². The van der Waals surface area contributed by atoms with Crippen LogP contribution in [0, 0.1) is 0 Å². The third-order valence-corrected chi connectivity index (χ3v) is 6.76. The van der Waals surface area contributed by atoms with Crippen LogP contribution < -0.4 is 10.2 Å². The van der Waals surface area contributed by atoms with Gasteiger partial charge < -0.3 is 4.90 Å². The molecular formula is C28H28N2O2. The van der Waals surface area contributed by atoms with Crippen LogP contribution in [0.4, 0.5) is 5.69 Å². The molecule has 162 valence electrons. The average molecular weight is 425 g/mol. The molecule has 1 aliphatic carbocycles. The second-order valence-corrected chi connectivity index (χ2v) is 8.82. The quantitative estimate of drug-likeness (QED) is 0.570. The number of amides is 1. The van der Waals surface area contributed by atoms with Crippen molar-refractivity contribution in [3.8, 4) is 0 Å². The highest BCUT2D eigenvalue weighted by Crippen LogP contribution is 2.40. The van der Waals surface area contributed by atoms with Crippen LogP contribution in [0.25, 0.3) is 0 Å². The lowest BCUT2D eigenvalue weighted by atomic mass is 9.76. The van der Waals surface area contributed by atoms with Gasteiger partial charge in [-0.25, -0.2) is 0 Å². The third-order valence-electron chi connectivity index (χ3n) is 6.76. The topological polar surface area (TPSA) is 49.4 Å². The predicted octanol–water partition coefficient (Wildman–Crippen LogP) is 5.23. The second kappa shape index (κ2) is 8.71. The minimum atomic E-state index is -1.41. The molecule has 1 N–H and O–H groups in total. The van der Waals surface area contributed by atoms with Gasteiger partial charge in [0.25, 0.3) is 5.91 Å². The molecule has 0 radical (unpaired) electrons. The molecule has 4 heteroatoms. The van der Waals surface area contributed by atoms with Crippen molar-refractivity contribution >= 4 is 17.4 Å². The summed E-state index contributed by atoms with van der Waals surface area (Å²) in [5.74, 6) is -0.346. The number of hydrogen-bond donors (Lipinski definition) is 1. The minimum absolute atomic E-state index is 0.140. The number of nitrogens with one attached hydrogen (secondary N) is 1. The normalized spacial score (nSPS) is 21.4. The van der Waals surface area contributed by atoms with Crippen molar-refractivity contribution in [2.45, 2.75) is 50.2 Å². The lowest BCUT2D eigenvalue weighted by Gasteiger charge is -2.44. The highest BCUT2D eigenvalue weighted by molar-refractivity contribution is 6.28. The van der Waals surface area contributed by atoms with Crippen LogP contribution >= 0.6 is 0 Å². The van der Waals surface area contributed by atoms with Crippen LogP contribution in [0.2, 0.25) is 0 Å². The van der Waals surface area contributed by atoms with Crippen LogP contribution in [-0.4, -0.2) is 17.7 Å². The number of Topliss-reactive ketones (excluding diaryl/α,β-unsaturated/α-hetero) is 1. The molecule has 1 fully saturated rings. The Balaban J connectivity index is 1.66. The zero-order valence-corrected chi connectivity index (χ0v) is 18.2. The molecule has 1 aliphatic heterocycles. The molecule has 1 unspecified atom stereocenters. The van der Waals surface area contributed by atoms with Gasteiger partial charge in [-0.3, -0.25) is 14.9 Å². The van der Waals surface area contributed by atoms with Crippen LogP contribution in [0.15, 0.2) is 84.9 Å². The van der Waals surface area contributed by atoms with Crippen molar-refractivity contribution in [3.63, 3.8) is 0 Å². The Bertz CT molecular complexity index is 1110. The van der Waals surface area contributed by atoms with Crippen molar-refractivity contribution in [2.75, 3.05) is 4.90 Å². The summed E-state index contributed by atoms with van der Waals surface area (Å²) in [6, 6.07) is 27.1. The molecule has 0 aromatic heterocycles. The van der Waals surface area contributed by atoms with Crippen molar-refractivity contribution in [3.05, 3.63) is 102 Å². The molecule has 32 heavy (non-hydrogen) atoms. The van der Waals surface area contributed by atoms with E-state index in [-0.39, 0.29) is 17.7 Å². The molecule has 0 bridgehead atoms. The molecule has 1 saturated carbocycles. The smallest absolute Gasteiger partial charge is 0.260 e. The molecule has 5 rings (SSSR count). The Morgan fingerprint density at radius 3 is 2.12 bits per heavy atom. The number of para-hydroxylation sites is 1. The van der Waals surface area contributed by atoms with Crippen molar-refractivity contribution < 1.29 is 9.59 Å². The maximum absolute atomic E-state index is 14.3. The Morgan fingerprint density at radius 1 is 0.781 bits per heavy atom. The molecule has 4 nitrogen and oxygen atoms in total. The first-order valence-electron chi connectivity index (χ1n) is 11.5. The summed E-state index contributed by atoms with van der Waals surface area (Å²) < 4.78 is 0. The van der Waals surface area contributed by atoms with Crippen LogP contribution in [0.3, 0.4) is 0 Å². The van der Waals surface area contributed by atoms with Gasteiger partial charge in [-0.1, -0.05) is 92.1 Å². The van der Waals surface area contributed by atoms with E-state index in [1.54, 1.807) is 4.90 Å². The lowest BCUT2D eigenvalue weighted by Crippen LogP contribution is -2.65. The molecule has 1 heterocycles. The van der Waals surface area contributed by atoms with Gasteiger partial charge in [0, 0.05) is 11.6 Å². The van der Waals surface area contributed by atoms with E-state index in [4.69, 9.17) is 0 Å². The molecule has 3 aromatic rings. The Kier molecular flexibility index (Phi) is 5.62. The van der Waals surface area contributed by atoms with Crippen molar-refractivity contribution in [1.29, 1.82) is 0 Å². The van der Waals surface area contributed by atoms with E-state index in [1.165, 1.54) is 6.42 Å². The van der Waals surface area contributed by atoms with E-state index < -0.39 is 5.54 Å². The molecule has 2 aliphatic rings. The number of fused-ring (bicyclic) bond motifs is 1. The largest absolute Gasteiger partial charge is 0.305 e. The molecular weight excluding hydrogens is 396 g/mol. The van der Waals surface area contributed by atoms with Crippen molar-refractivity contribution in [1.82, 2.24) is 5.32 Å². The number of hydrogen-bond acceptors (Lipinski definition) is 3. The predicted molar refractivity (Wildman–Crippen MR) is 127 cm³/mol. The summed E-state index contributed by atoms with van der Waals surface area (Å²) in [4.78, 5) is 30.2. The summed E-state index contributed by atoms with van der Waals surface area (Å²) >= 11 is 0. The summed E-state index contributed by atoms with van der Waals surface area (Å²) in [6.45, 7) is 0.422. The van der Waals surface area contributed by atoms with Gasteiger partial charge in [-0.15, -0.1) is 0 Å². The van der Waals surface area contributed by atoms with Crippen LogP contribution in [0.5, 0.6) is 0 Å². The van der Waals surface area contributed by atoms with E-state index >= 15 is 0 Å². The summed E-state index contributed by atoms with van der Waals surface area (Å²) in [6.07, 6.45) is 5.41. The van der Waals surface area contributed by atoms with Crippen LogP contribution in [0.1, 0.15) is 53.6 Å². The molecule has 1 amide bonds. The van der Waals surface area contributed by atoms with E-state index in [2.05, 4.69) is 5.32 Å². The SMILES string of the molecule is O=C1c2ccccc2N(Cc2ccccc2)C(=O)C1(NC1CCCCC1)c1ccccc1. The number of anilines is 1. The van der Waals surface area contributed by atoms with Gasteiger partial charge in [0.1, 0.15) is 0 Å². The van der Waals surface area contributed by atoms with Crippen molar-refractivity contribution in [2.24, 2.45) is 0 Å². The number of nitrogens with zero attached hydrogens (tertiary/aromatic N) is 1. The van der Waals surface area contributed by atoms with Crippen LogP contribution in [-0.2, 0) is 16.9 Å². The number of benzene rings is 3. The maximum atomic E-state index is 14.3. The first kappa shape index (κ1) is 20.7. The first-order valence-corrected chi connectivity index (χ1v) is 11.5. The van der Waals surface area contributed by atoms with Gasteiger partial charge in [0.15, 0.2) is 11.3 Å². The Morgan fingerprint density at radius 2 is 1.41 bits per heavy atom. The van der Waals surface area contributed by atoms with E-state index in [9.17, 15) is 9.59 Å². The monoisotopic (exact) mass is 424 g/mol. The minimum Gasteiger partial charge on any atom is -0.305 e. The fourth-order valence-electron chi connectivity index (χ4n) is 5.14. The fourth-order valence-corrected chi connectivity index (χ4v) is 5.14. The lowest BCUT2D eigenvalue weighted by molar-refractivity contribution is -0.124. The van der Waals surface area contributed by atoms with Gasteiger partial charge in [-0.2, -0.15) is 0 Å². The highest BCUT2D eigenvalue weighted by Gasteiger charge is 2.54. The molecule has 1 atom stereocenters. The van der Waals surface area contributed by atoms with Gasteiger partial charge in [0.05, 0.1) is 12.2 Å². The number of rotatable bonds is 5. The van der Waals surface area contributed by atoms with E-state index in [0.717, 1.165) is 31.2 Å². The standard InChI is InChI=1S/C28H28N2O2/c31-26-24-18-10-11-19-25(24)30(20-21-12-4-1-5-13-21)27(32)28(26,22-14-6-2-7-15-22)29-23-16-8-3-9-17-23/h1-2,4-7,10-15,18-19,23,29H,3,8-9,16-17,20H2. The zero-order valence-electron chi connectivity index (χ0n) is 18.2. The first-order chi connectivity index (χ1) is 15.7. The number of carbonyl (C=O) groups is 2. The summed E-state index contributed by atoms with van der Waals surface area (Å²) in [5, 5.41) is 3.60. The molecule has 0 saturated heterocycles. The van der Waals surface area contributed by atoms with E-state index in [1.807, 2.05) is 84.9 Å². The maximum Gasteiger partial charge on any atom is 0.260 e. The summed E-state index contributed by atoms with van der Waals surface area (Å²) in [7, 11) is 0. The number of carbonyl (C=O) groups excluding carboxylic acids is 2. The highest BCUT2D eigenvalue weighted by atomic mass is 16.2. The number of ketones is 1. The fraction of sp³-hybridized carbons (Fsp3) is 0.286. The average Bonchev–Trinajstić information content (AvgIpc) is 2.86. The Labute approximate surface area is 189 Å². The van der Waals surface area contributed by atoms with Gasteiger partial charge >= 0.3 is 0 Å². The van der Waals surface area contributed by atoms with Gasteiger partial charge in [-0.05, 0) is 36.1 Å².